The fourth-order valence-electron chi connectivity index (χ4n) is 2.24. The number of benzene rings is 1. The van der Waals surface area contributed by atoms with Crippen molar-refractivity contribution < 1.29 is 14.3 Å². The summed E-state index contributed by atoms with van der Waals surface area (Å²) >= 11 is 1.44. The summed E-state index contributed by atoms with van der Waals surface area (Å²) in [6.45, 7) is 4.90. The standard InChI is InChI=1S/C16H19N3O3S/c1-11(2)19-6-5-17-16(19)23-9-15(20)18-8-12-3-4-13-14(7-12)22-10-21-13/h3-7,11H,8-10H2,1-2H3,(H,18,20). The molecule has 1 aliphatic heterocycles. The lowest BCUT2D eigenvalue weighted by molar-refractivity contribution is -0.118. The molecule has 0 unspecified atom stereocenters. The lowest BCUT2D eigenvalue weighted by Crippen LogP contribution is -2.24. The molecule has 1 aliphatic rings. The van der Waals surface area contributed by atoms with Crippen LogP contribution in [0.5, 0.6) is 11.5 Å². The van der Waals surface area contributed by atoms with Crippen molar-refractivity contribution in [3.8, 4) is 11.5 Å². The SMILES string of the molecule is CC(C)n1ccnc1SCC(=O)NCc1ccc2c(c1)OCO2. The van der Waals surface area contributed by atoms with Gasteiger partial charge in [0.25, 0.3) is 0 Å². The number of carbonyl (C=O) groups excluding carboxylic acids is 1. The molecule has 7 heteroatoms. The average molecular weight is 333 g/mol. The van der Waals surface area contributed by atoms with Crippen LogP contribution < -0.4 is 14.8 Å². The van der Waals surface area contributed by atoms with Gasteiger partial charge in [-0.25, -0.2) is 4.98 Å². The number of hydrogen-bond acceptors (Lipinski definition) is 5. The van der Waals surface area contributed by atoms with Gasteiger partial charge in [0.1, 0.15) is 0 Å². The summed E-state index contributed by atoms with van der Waals surface area (Å²) in [5.41, 5.74) is 0.983. The Bertz CT molecular complexity index is 700. The Morgan fingerprint density at radius 1 is 1.39 bits per heavy atom. The normalized spacial score (nSPS) is 12.7. The smallest absolute Gasteiger partial charge is 0.231 e. The summed E-state index contributed by atoms with van der Waals surface area (Å²) < 4.78 is 12.6. The molecular weight excluding hydrogens is 314 g/mol. The van der Waals surface area contributed by atoms with Crippen LogP contribution >= 0.6 is 11.8 Å². The Morgan fingerprint density at radius 2 is 2.22 bits per heavy atom. The molecule has 23 heavy (non-hydrogen) atoms. The molecule has 0 fully saturated rings. The molecule has 1 aromatic heterocycles. The van der Waals surface area contributed by atoms with Crippen molar-refractivity contribution in [3.05, 3.63) is 36.2 Å². The van der Waals surface area contributed by atoms with Gasteiger partial charge < -0.3 is 19.4 Å². The first-order chi connectivity index (χ1) is 11.1. The number of imidazole rings is 1. The minimum Gasteiger partial charge on any atom is -0.454 e. The fourth-order valence-corrected chi connectivity index (χ4v) is 3.16. The zero-order valence-electron chi connectivity index (χ0n) is 13.1. The summed E-state index contributed by atoms with van der Waals surface area (Å²) in [6, 6.07) is 6.00. The highest BCUT2D eigenvalue weighted by molar-refractivity contribution is 7.99. The van der Waals surface area contributed by atoms with E-state index < -0.39 is 0 Å². The van der Waals surface area contributed by atoms with E-state index in [4.69, 9.17) is 9.47 Å². The lowest BCUT2D eigenvalue weighted by atomic mass is 10.2. The maximum atomic E-state index is 12.0. The Kier molecular flexibility index (Phi) is 4.76. The molecule has 2 heterocycles. The fraction of sp³-hybridized carbons (Fsp3) is 0.375. The maximum absolute atomic E-state index is 12.0. The van der Waals surface area contributed by atoms with Gasteiger partial charge >= 0.3 is 0 Å². The van der Waals surface area contributed by atoms with Crippen molar-refractivity contribution in [1.29, 1.82) is 0 Å². The monoisotopic (exact) mass is 333 g/mol. The second kappa shape index (κ2) is 6.95. The van der Waals surface area contributed by atoms with Crippen LogP contribution in [0.25, 0.3) is 0 Å². The first-order valence-electron chi connectivity index (χ1n) is 7.44. The van der Waals surface area contributed by atoms with E-state index in [1.54, 1.807) is 6.20 Å². The van der Waals surface area contributed by atoms with Gasteiger partial charge in [-0.3, -0.25) is 4.79 Å². The number of carbonyl (C=O) groups is 1. The Hall–Kier alpha value is -2.15. The minimum absolute atomic E-state index is 0.0222. The topological polar surface area (TPSA) is 65.4 Å². The predicted molar refractivity (Wildman–Crippen MR) is 87.7 cm³/mol. The summed E-state index contributed by atoms with van der Waals surface area (Å²) in [4.78, 5) is 16.3. The predicted octanol–water partition coefficient (Wildman–Crippen LogP) is 2.60. The first-order valence-corrected chi connectivity index (χ1v) is 8.43. The van der Waals surface area contributed by atoms with Crippen molar-refractivity contribution in [2.75, 3.05) is 12.5 Å². The van der Waals surface area contributed by atoms with Crippen LogP contribution in [0.15, 0.2) is 35.7 Å². The molecule has 0 atom stereocenters. The Labute approximate surface area is 139 Å². The van der Waals surface area contributed by atoms with Crippen LogP contribution in [0.4, 0.5) is 0 Å². The van der Waals surface area contributed by atoms with Crippen LogP contribution in [-0.4, -0.2) is 28.0 Å². The third kappa shape index (κ3) is 3.79. The van der Waals surface area contributed by atoms with Gasteiger partial charge in [-0.15, -0.1) is 0 Å². The number of thioether (sulfide) groups is 1. The molecule has 122 valence electrons. The van der Waals surface area contributed by atoms with Crippen LogP contribution in [-0.2, 0) is 11.3 Å². The molecule has 0 bridgehead atoms. The van der Waals surface area contributed by atoms with Crippen molar-refractivity contribution >= 4 is 17.7 Å². The number of nitrogens with one attached hydrogen (secondary N) is 1. The Balaban J connectivity index is 1.49. The molecule has 1 amide bonds. The highest BCUT2D eigenvalue weighted by atomic mass is 32.2. The van der Waals surface area contributed by atoms with Gasteiger partial charge in [-0.2, -0.15) is 0 Å². The summed E-state index contributed by atoms with van der Waals surface area (Å²) in [5.74, 6) is 1.79. The molecule has 2 aromatic rings. The van der Waals surface area contributed by atoms with E-state index >= 15 is 0 Å². The number of ether oxygens (including phenoxy) is 2. The third-order valence-electron chi connectivity index (χ3n) is 3.45. The average Bonchev–Trinajstić information content (AvgIpc) is 3.18. The van der Waals surface area contributed by atoms with Crippen molar-refractivity contribution in [1.82, 2.24) is 14.9 Å². The van der Waals surface area contributed by atoms with Gasteiger partial charge in [0.05, 0.1) is 5.75 Å². The molecule has 1 aromatic carbocycles. The van der Waals surface area contributed by atoms with E-state index in [9.17, 15) is 4.79 Å². The van der Waals surface area contributed by atoms with Gasteiger partial charge in [0.15, 0.2) is 16.7 Å². The quantitative estimate of drug-likeness (QED) is 0.823. The van der Waals surface area contributed by atoms with Crippen LogP contribution in [0, 0.1) is 0 Å². The second-order valence-electron chi connectivity index (χ2n) is 5.46. The summed E-state index contributed by atoms with van der Waals surface area (Å²) in [7, 11) is 0. The molecule has 0 spiro atoms. The third-order valence-corrected chi connectivity index (χ3v) is 4.43. The molecular formula is C16H19N3O3S. The highest BCUT2D eigenvalue weighted by Gasteiger charge is 2.14. The van der Waals surface area contributed by atoms with Crippen LogP contribution in [0.3, 0.4) is 0 Å². The van der Waals surface area contributed by atoms with E-state index in [0.29, 0.717) is 18.3 Å². The molecule has 0 radical (unpaired) electrons. The van der Waals surface area contributed by atoms with Gasteiger partial charge in [0, 0.05) is 25.0 Å². The lowest BCUT2D eigenvalue weighted by Gasteiger charge is -2.10. The number of nitrogens with zero attached hydrogens (tertiary/aromatic N) is 2. The Morgan fingerprint density at radius 3 is 3.04 bits per heavy atom. The van der Waals surface area contributed by atoms with Crippen molar-refractivity contribution in [2.45, 2.75) is 31.6 Å². The maximum Gasteiger partial charge on any atom is 0.231 e. The molecule has 3 rings (SSSR count). The van der Waals surface area contributed by atoms with E-state index in [1.165, 1.54) is 11.8 Å². The summed E-state index contributed by atoms with van der Waals surface area (Å²) in [6.07, 6.45) is 3.68. The molecule has 6 nitrogen and oxygen atoms in total. The zero-order valence-corrected chi connectivity index (χ0v) is 13.9. The largest absolute Gasteiger partial charge is 0.454 e. The van der Waals surface area contributed by atoms with Gasteiger partial charge in [0.2, 0.25) is 12.7 Å². The van der Waals surface area contributed by atoms with Crippen molar-refractivity contribution in [3.63, 3.8) is 0 Å². The van der Waals surface area contributed by atoms with E-state index in [1.807, 2.05) is 24.4 Å². The highest BCUT2D eigenvalue weighted by Crippen LogP contribution is 2.32. The molecule has 1 N–H and O–H groups in total. The van der Waals surface area contributed by atoms with Crippen LogP contribution in [0.1, 0.15) is 25.5 Å². The number of aromatic nitrogens is 2. The van der Waals surface area contributed by atoms with E-state index in [0.717, 1.165) is 22.2 Å². The van der Waals surface area contributed by atoms with E-state index in [-0.39, 0.29) is 12.7 Å². The summed E-state index contributed by atoms with van der Waals surface area (Å²) in [5, 5.41) is 3.77. The number of rotatable bonds is 6. The van der Waals surface area contributed by atoms with E-state index in [2.05, 4.69) is 28.7 Å². The number of fused-ring (bicyclic) bond motifs is 1. The van der Waals surface area contributed by atoms with Crippen molar-refractivity contribution in [2.24, 2.45) is 0 Å². The van der Waals surface area contributed by atoms with Crippen LogP contribution in [0.2, 0.25) is 0 Å². The molecule has 0 aliphatic carbocycles. The number of amides is 1. The zero-order chi connectivity index (χ0) is 16.2. The molecule has 0 saturated heterocycles. The minimum atomic E-state index is -0.0222. The first kappa shape index (κ1) is 15.7. The van der Waals surface area contributed by atoms with Gasteiger partial charge in [-0.1, -0.05) is 17.8 Å². The number of hydrogen-bond donors (Lipinski definition) is 1. The molecule has 0 saturated carbocycles. The van der Waals surface area contributed by atoms with Gasteiger partial charge in [-0.05, 0) is 31.5 Å². The second-order valence-corrected chi connectivity index (χ2v) is 6.41.